The third-order valence-corrected chi connectivity index (χ3v) is 5.36. The van der Waals surface area contributed by atoms with Crippen LogP contribution in [0.5, 0.6) is 11.5 Å². The molecule has 0 saturated heterocycles. The number of methoxy groups -OCH3 is 2. The Morgan fingerprint density at radius 2 is 1.69 bits per heavy atom. The quantitative estimate of drug-likeness (QED) is 0.722. The molecule has 3 rings (SSSR count). The molecule has 0 fully saturated rings. The fourth-order valence-corrected chi connectivity index (χ4v) is 3.62. The van der Waals surface area contributed by atoms with Crippen molar-refractivity contribution in [2.45, 2.75) is 26.3 Å². The first-order chi connectivity index (χ1) is 14.0. The number of rotatable bonds is 7. The number of benzene rings is 2. The van der Waals surface area contributed by atoms with E-state index in [2.05, 4.69) is 0 Å². The minimum absolute atomic E-state index is 0.0336. The van der Waals surface area contributed by atoms with Crippen molar-refractivity contribution in [2.75, 3.05) is 33.9 Å². The summed E-state index contributed by atoms with van der Waals surface area (Å²) < 4.78 is 10.8. The largest absolute Gasteiger partial charge is 0.493 e. The van der Waals surface area contributed by atoms with Crippen molar-refractivity contribution in [3.8, 4) is 11.5 Å². The molecule has 2 amide bonds. The van der Waals surface area contributed by atoms with Crippen LogP contribution in [0.25, 0.3) is 0 Å². The SMILES string of the molecule is COc1cc2c(cc1OC)CN(C(=O)CN(CCc1ccccc1)C(C)=O)CC2. The summed E-state index contributed by atoms with van der Waals surface area (Å²) in [6.45, 7) is 3.29. The monoisotopic (exact) mass is 396 g/mol. The molecule has 2 aromatic rings. The molecule has 2 aromatic carbocycles. The number of amides is 2. The van der Waals surface area contributed by atoms with E-state index in [0.717, 1.165) is 24.0 Å². The van der Waals surface area contributed by atoms with E-state index in [4.69, 9.17) is 9.47 Å². The zero-order valence-corrected chi connectivity index (χ0v) is 17.3. The maximum atomic E-state index is 12.9. The zero-order chi connectivity index (χ0) is 20.8. The van der Waals surface area contributed by atoms with Gasteiger partial charge in [-0.05, 0) is 41.7 Å². The second-order valence-electron chi connectivity index (χ2n) is 7.22. The van der Waals surface area contributed by atoms with Gasteiger partial charge >= 0.3 is 0 Å². The van der Waals surface area contributed by atoms with Crippen LogP contribution >= 0.6 is 0 Å². The van der Waals surface area contributed by atoms with Gasteiger partial charge in [0.05, 0.1) is 20.8 Å². The molecular weight excluding hydrogens is 368 g/mol. The van der Waals surface area contributed by atoms with Gasteiger partial charge in [0.15, 0.2) is 11.5 Å². The Bertz CT molecular complexity index is 867. The van der Waals surface area contributed by atoms with Crippen molar-refractivity contribution in [1.82, 2.24) is 9.80 Å². The summed E-state index contributed by atoms with van der Waals surface area (Å²) in [5.41, 5.74) is 3.37. The smallest absolute Gasteiger partial charge is 0.242 e. The van der Waals surface area contributed by atoms with Crippen LogP contribution in [0.3, 0.4) is 0 Å². The van der Waals surface area contributed by atoms with Crippen LogP contribution in [-0.4, -0.2) is 55.5 Å². The van der Waals surface area contributed by atoms with E-state index in [1.54, 1.807) is 19.1 Å². The van der Waals surface area contributed by atoms with Gasteiger partial charge in [0.2, 0.25) is 11.8 Å². The number of hydrogen-bond donors (Lipinski definition) is 0. The van der Waals surface area contributed by atoms with E-state index in [1.807, 2.05) is 47.4 Å². The van der Waals surface area contributed by atoms with Gasteiger partial charge in [-0.2, -0.15) is 0 Å². The van der Waals surface area contributed by atoms with Gasteiger partial charge in [0, 0.05) is 26.6 Å². The summed E-state index contributed by atoms with van der Waals surface area (Å²) in [4.78, 5) is 28.4. The van der Waals surface area contributed by atoms with Gasteiger partial charge in [-0.25, -0.2) is 0 Å². The van der Waals surface area contributed by atoms with Crippen LogP contribution in [0.15, 0.2) is 42.5 Å². The Labute approximate surface area is 172 Å². The summed E-state index contributed by atoms with van der Waals surface area (Å²) in [5, 5.41) is 0. The maximum absolute atomic E-state index is 12.9. The van der Waals surface area contributed by atoms with Crippen molar-refractivity contribution in [3.63, 3.8) is 0 Å². The number of ether oxygens (including phenoxy) is 2. The van der Waals surface area contributed by atoms with Crippen molar-refractivity contribution < 1.29 is 19.1 Å². The van der Waals surface area contributed by atoms with Crippen molar-refractivity contribution in [2.24, 2.45) is 0 Å². The van der Waals surface area contributed by atoms with Gasteiger partial charge in [-0.1, -0.05) is 30.3 Å². The molecule has 6 nitrogen and oxygen atoms in total. The number of hydrogen-bond acceptors (Lipinski definition) is 4. The average Bonchev–Trinajstić information content (AvgIpc) is 2.75. The fourth-order valence-electron chi connectivity index (χ4n) is 3.62. The first kappa shape index (κ1) is 20.7. The summed E-state index contributed by atoms with van der Waals surface area (Å²) >= 11 is 0. The molecule has 0 atom stereocenters. The minimum atomic E-state index is -0.0851. The highest BCUT2D eigenvalue weighted by Gasteiger charge is 2.24. The molecular formula is C23H28N2O4. The molecule has 1 aliphatic heterocycles. The van der Waals surface area contributed by atoms with Crippen LogP contribution in [0, 0.1) is 0 Å². The Hall–Kier alpha value is -3.02. The molecule has 6 heteroatoms. The lowest BCUT2D eigenvalue weighted by Gasteiger charge is -2.31. The van der Waals surface area contributed by atoms with Gasteiger partial charge in [-0.15, -0.1) is 0 Å². The Balaban J connectivity index is 1.64. The van der Waals surface area contributed by atoms with E-state index < -0.39 is 0 Å². The topological polar surface area (TPSA) is 59.1 Å². The summed E-state index contributed by atoms with van der Waals surface area (Å²) in [6, 6.07) is 13.9. The van der Waals surface area contributed by atoms with E-state index >= 15 is 0 Å². The van der Waals surface area contributed by atoms with Crippen LogP contribution in [0.4, 0.5) is 0 Å². The summed E-state index contributed by atoms with van der Waals surface area (Å²) in [5.74, 6) is 1.25. The third-order valence-electron chi connectivity index (χ3n) is 5.36. The minimum Gasteiger partial charge on any atom is -0.493 e. The highest BCUT2D eigenvalue weighted by atomic mass is 16.5. The molecule has 0 bridgehead atoms. The molecule has 0 N–H and O–H groups in total. The number of nitrogens with zero attached hydrogens (tertiary/aromatic N) is 2. The van der Waals surface area contributed by atoms with Gasteiger partial charge in [0.25, 0.3) is 0 Å². The Morgan fingerprint density at radius 1 is 1.03 bits per heavy atom. The molecule has 154 valence electrons. The molecule has 0 saturated carbocycles. The second kappa shape index (κ2) is 9.45. The molecule has 1 heterocycles. The average molecular weight is 396 g/mol. The first-order valence-corrected chi connectivity index (χ1v) is 9.82. The van der Waals surface area contributed by atoms with Crippen molar-refractivity contribution in [3.05, 3.63) is 59.2 Å². The van der Waals surface area contributed by atoms with E-state index in [9.17, 15) is 9.59 Å². The van der Waals surface area contributed by atoms with E-state index in [1.165, 1.54) is 12.5 Å². The molecule has 1 aliphatic rings. The lowest BCUT2D eigenvalue weighted by atomic mass is 9.98. The maximum Gasteiger partial charge on any atom is 0.242 e. The van der Waals surface area contributed by atoms with E-state index in [-0.39, 0.29) is 18.4 Å². The van der Waals surface area contributed by atoms with E-state index in [0.29, 0.717) is 31.1 Å². The van der Waals surface area contributed by atoms with Crippen LogP contribution in [0.2, 0.25) is 0 Å². The van der Waals surface area contributed by atoms with Crippen LogP contribution in [-0.2, 0) is 29.0 Å². The number of fused-ring (bicyclic) bond motifs is 1. The van der Waals surface area contributed by atoms with Crippen LogP contribution < -0.4 is 9.47 Å². The fraction of sp³-hybridized carbons (Fsp3) is 0.391. The standard InChI is InChI=1S/C23H28N2O4/c1-17(26)24(11-9-18-7-5-4-6-8-18)16-23(27)25-12-10-19-13-21(28-2)22(29-3)14-20(19)15-25/h4-8,13-14H,9-12,15-16H2,1-3H3. The van der Waals surface area contributed by atoms with Gasteiger partial charge in [0.1, 0.15) is 0 Å². The second-order valence-corrected chi connectivity index (χ2v) is 7.22. The number of carbonyl (C=O) groups excluding carboxylic acids is 2. The van der Waals surface area contributed by atoms with Crippen molar-refractivity contribution in [1.29, 1.82) is 0 Å². The first-order valence-electron chi connectivity index (χ1n) is 9.82. The molecule has 0 spiro atoms. The van der Waals surface area contributed by atoms with Crippen LogP contribution in [0.1, 0.15) is 23.6 Å². The highest BCUT2D eigenvalue weighted by Crippen LogP contribution is 2.33. The van der Waals surface area contributed by atoms with Gasteiger partial charge < -0.3 is 19.3 Å². The molecule has 0 radical (unpaired) electrons. The predicted molar refractivity (Wildman–Crippen MR) is 111 cm³/mol. The molecule has 29 heavy (non-hydrogen) atoms. The zero-order valence-electron chi connectivity index (χ0n) is 17.3. The summed E-state index contributed by atoms with van der Waals surface area (Å²) in [7, 11) is 3.22. The molecule has 0 aliphatic carbocycles. The Morgan fingerprint density at radius 3 is 2.31 bits per heavy atom. The lowest BCUT2D eigenvalue weighted by Crippen LogP contribution is -2.44. The molecule has 0 aromatic heterocycles. The molecule has 0 unspecified atom stereocenters. The summed E-state index contributed by atoms with van der Waals surface area (Å²) in [6.07, 6.45) is 1.49. The Kier molecular flexibility index (Phi) is 6.75. The normalized spacial score (nSPS) is 12.9. The number of carbonyl (C=O) groups is 2. The van der Waals surface area contributed by atoms with Gasteiger partial charge in [-0.3, -0.25) is 9.59 Å². The lowest BCUT2D eigenvalue weighted by molar-refractivity contribution is -0.140. The van der Waals surface area contributed by atoms with Crippen molar-refractivity contribution >= 4 is 11.8 Å². The third kappa shape index (κ3) is 5.08. The highest BCUT2D eigenvalue weighted by molar-refractivity contribution is 5.84. The predicted octanol–water partition coefficient (Wildman–Crippen LogP) is 2.68.